The Kier molecular flexibility index (Phi) is 5.21. The Labute approximate surface area is 129 Å². The lowest BCUT2D eigenvalue weighted by Gasteiger charge is -2.15. The molecule has 0 atom stereocenters. The van der Waals surface area contributed by atoms with E-state index in [0.717, 1.165) is 22.3 Å². The highest BCUT2D eigenvalue weighted by Crippen LogP contribution is 2.26. The number of hydrogen-bond donors (Lipinski definition) is 1. The minimum absolute atomic E-state index is 0.594. The van der Waals surface area contributed by atoms with Crippen LogP contribution in [0.4, 0.5) is 5.69 Å². The highest BCUT2D eigenvalue weighted by atomic mass is 79.9. The molecular formula is C17H20BrNO. The topological polar surface area (TPSA) is 21.3 Å². The molecule has 0 radical (unpaired) electrons. The first-order valence-electron chi connectivity index (χ1n) is 6.68. The fourth-order valence-corrected chi connectivity index (χ4v) is 2.69. The van der Waals surface area contributed by atoms with Crippen molar-refractivity contribution in [2.24, 2.45) is 0 Å². The van der Waals surface area contributed by atoms with E-state index < -0.39 is 0 Å². The maximum atomic E-state index is 5.27. The molecule has 0 aliphatic rings. The van der Waals surface area contributed by atoms with Gasteiger partial charge in [-0.1, -0.05) is 40.2 Å². The zero-order valence-corrected chi connectivity index (χ0v) is 13.8. The van der Waals surface area contributed by atoms with Crippen molar-refractivity contribution in [3.63, 3.8) is 0 Å². The molecule has 0 unspecified atom stereocenters. The van der Waals surface area contributed by atoms with Gasteiger partial charge in [0.25, 0.3) is 0 Å². The lowest BCUT2D eigenvalue weighted by molar-refractivity contribution is 0.185. The summed E-state index contributed by atoms with van der Waals surface area (Å²) in [6.07, 6.45) is 0. The summed E-state index contributed by atoms with van der Waals surface area (Å²) in [5.74, 6) is 0. The summed E-state index contributed by atoms with van der Waals surface area (Å²) in [4.78, 5) is 0. The van der Waals surface area contributed by atoms with Gasteiger partial charge < -0.3 is 10.1 Å². The fourth-order valence-electron chi connectivity index (χ4n) is 2.21. The Morgan fingerprint density at radius 2 is 1.85 bits per heavy atom. The number of ether oxygens (including phenoxy) is 1. The summed E-state index contributed by atoms with van der Waals surface area (Å²) >= 11 is 3.58. The number of aryl methyl sites for hydroxylation is 1. The van der Waals surface area contributed by atoms with Gasteiger partial charge in [0.05, 0.1) is 6.61 Å². The Balaban J connectivity index is 2.19. The molecule has 2 nitrogen and oxygen atoms in total. The Bertz CT molecular complexity index is 596. The quantitative estimate of drug-likeness (QED) is 0.846. The number of anilines is 1. The normalized spacial score (nSPS) is 10.6. The van der Waals surface area contributed by atoms with E-state index in [-0.39, 0.29) is 0 Å². The van der Waals surface area contributed by atoms with E-state index in [0.29, 0.717) is 6.61 Å². The molecule has 2 rings (SSSR count). The van der Waals surface area contributed by atoms with Crippen molar-refractivity contribution >= 4 is 21.6 Å². The molecule has 0 aliphatic carbocycles. The predicted molar refractivity (Wildman–Crippen MR) is 88.1 cm³/mol. The van der Waals surface area contributed by atoms with E-state index >= 15 is 0 Å². The second-order valence-electron chi connectivity index (χ2n) is 4.91. The first-order valence-corrected chi connectivity index (χ1v) is 7.48. The van der Waals surface area contributed by atoms with Gasteiger partial charge in [0, 0.05) is 29.4 Å². The minimum atomic E-state index is 0.594. The van der Waals surface area contributed by atoms with Crippen molar-refractivity contribution in [3.8, 4) is 0 Å². The van der Waals surface area contributed by atoms with Crippen LogP contribution in [0.15, 0.2) is 40.9 Å². The van der Waals surface area contributed by atoms with Crippen molar-refractivity contribution in [1.82, 2.24) is 0 Å². The second-order valence-corrected chi connectivity index (χ2v) is 5.77. The molecule has 20 heavy (non-hydrogen) atoms. The summed E-state index contributed by atoms with van der Waals surface area (Å²) < 4.78 is 6.35. The zero-order chi connectivity index (χ0) is 14.5. The molecule has 0 saturated carbocycles. The highest BCUT2D eigenvalue weighted by Gasteiger charge is 2.07. The van der Waals surface area contributed by atoms with E-state index in [1.807, 2.05) is 12.1 Å². The van der Waals surface area contributed by atoms with Gasteiger partial charge in [-0.3, -0.25) is 0 Å². The van der Waals surface area contributed by atoms with Gasteiger partial charge in [0.2, 0.25) is 0 Å². The van der Waals surface area contributed by atoms with E-state index in [4.69, 9.17) is 4.74 Å². The molecule has 2 aromatic carbocycles. The Morgan fingerprint density at radius 3 is 2.60 bits per heavy atom. The van der Waals surface area contributed by atoms with Crippen LogP contribution in [0.5, 0.6) is 0 Å². The molecule has 1 N–H and O–H groups in total. The molecule has 0 aromatic heterocycles. The van der Waals surface area contributed by atoms with Crippen molar-refractivity contribution in [3.05, 3.63) is 63.1 Å². The maximum absolute atomic E-state index is 5.27. The molecule has 106 valence electrons. The smallest absolute Gasteiger partial charge is 0.0744 e. The third-order valence-corrected chi connectivity index (χ3v) is 4.34. The number of nitrogens with one attached hydrogen (secondary N) is 1. The molecule has 0 aliphatic heterocycles. The molecule has 0 amide bonds. The van der Waals surface area contributed by atoms with Crippen LogP contribution in [0.3, 0.4) is 0 Å². The van der Waals surface area contributed by atoms with E-state index in [9.17, 15) is 0 Å². The first-order chi connectivity index (χ1) is 9.63. The van der Waals surface area contributed by atoms with Gasteiger partial charge in [-0.05, 0) is 42.7 Å². The zero-order valence-electron chi connectivity index (χ0n) is 12.2. The first kappa shape index (κ1) is 15.1. The third kappa shape index (κ3) is 3.41. The predicted octanol–water partition coefficient (Wildman–Crippen LogP) is 4.82. The van der Waals surface area contributed by atoms with Crippen LogP contribution in [-0.2, 0) is 17.9 Å². The average Bonchev–Trinajstić information content (AvgIpc) is 2.44. The summed E-state index contributed by atoms with van der Waals surface area (Å²) in [6, 6.07) is 12.6. The van der Waals surface area contributed by atoms with Crippen LogP contribution < -0.4 is 5.32 Å². The van der Waals surface area contributed by atoms with Gasteiger partial charge in [0.1, 0.15) is 0 Å². The Hall–Kier alpha value is -1.32. The number of rotatable bonds is 5. The maximum Gasteiger partial charge on any atom is 0.0744 e. The van der Waals surface area contributed by atoms with Crippen molar-refractivity contribution in [2.75, 3.05) is 12.4 Å². The molecule has 0 heterocycles. The van der Waals surface area contributed by atoms with Gasteiger partial charge in [-0.25, -0.2) is 0 Å². The molecule has 2 aromatic rings. The van der Waals surface area contributed by atoms with Gasteiger partial charge in [-0.2, -0.15) is 0 Å². The number of methoxy groups -OCH3 is 1. The largest absolute Gasteiger partial charge is 0.381 e. The molecule has 0 spiro atoms. The van der Waals surface area contributed by atoms with Crippen LogP contribution >= 0.6 is 15.9 Å². The van der Waals surface area contributed by atoms with Gasteiger partial charge in [-0.15, -0.1) is 0 Å². The highest BCUT2D eigenvalue weighted by molar-refractivity contribution is 9.10. The van der Waals surface area contributed by atoms with E-state index in [1.54, 1.807) is 7.11 Å². The van der Waals surface area contributed by atoms with Gasteiger partial charge in [0.15, 0.2) is 0 Å². The SMILES string of the molecule is COCc1c(Br)cccc1NCc1cccc(C)c1C. The van der Waals surface area contributed by atoms with Crippen LogP contribution in [-0.4, -0.2) is 7.11 Å². The summed E-state index contributed by atoms with van der Waals surface area (Å²) in [5.41, 5.74) is 6.27. The van der Waals surface area contributed by atoms with Crippen molar-refractivity contribution in [2.45, 2.75) is 27.0 Å². The molecular weight excluding hydrogens is 314 g/mol. The van der Waals surface area contributed by atoms with Crippen LogP contribution in [0.1, 0.15) is 22.3 Å². The lowest BCUT2D eigenvalue weighted by Crippen LogP contribution is -2.05. The van der Waals surface area contributed by atoms with E-state index in [2.05, 4.69) is 59.4 Å². The average molecular weight is 334 g/mol. The molecule has 3 heteroatoms. The summed E-state index contributed by atoms with van der Waals surface area (Å²) in [6.45, 7) is 5.73. The van der Waals surface area contributed by atoms with Crippen LogP contribution in [0, 0.1) is 13.8 Å². The van der Waals surface area contributed by atoms with Crippen LogP contribution in [0.25, 0.3) is 0 Å². The molecule has 0 saturated heterocycles. The van der Waals surface area contributed by atoms with Crippen LogP contribution in [0.2, 0.25) is 0 Å². The monoisotopic (exact) mass is 333 g/mol. The molecule has 0 fully saturated rings. The van der Waals surface area contributed by atoms with Crippen molar-refractivity contribution < 1.29 is 4.74 Å². The third-order valence-electron chi connectivity index (χ3n) is 3.59. The Morgan fingerprint density at radius 1 is 1.10 bits per heavy atom. The standard InChI is InChI=1S/C17H20BrNO/c1-12-6-4-7-14(13(12)2)10-19-17-9-5-8-16(18)15(17)11-20-3/h4-9,19H,10-11H2,1-3H3. The molecule has 0 bridgehead atoms. The van der Waals surface area contributed by atoms with Gasteiger partial charge >= 0.3 is 0 Å². The number of benzene rings is 2. The number of hydrogen-bond acceptors (Lipinski definition) is 2. The minimum Gasteiger partial charge on any atom is -0.381 e. The second kappa shape index (κ2) is 6.91. The van der Waals surface area contributed by atoms with Crippen molar-refractivity contribution in [1.29, 1.82) is 0 Å². The fraction of sp³-hybridized carbons (Fsp3) is 0.294. The van der Waals surface area contributed by atoms with E-state index in [1.165, 1.54) is 16.7 Å². The summed E-state index contributed by atoms with van der Waals surface area (Å²) in [5, 5.41) is 3.51. The summed E-state index contributed by atoms with van der Waals surface area (Å²) in [7, 11) is 1.72. The number of halogens is 1. The lowest BCUT2D eigenvalue weighted by atomic mass is 10.0.